The highest BCUT2D eigenvalue weighted by Gasteiger charge is 2.32. The summed E-state index contributed by atoms with van der Waals surface area (Å²) < 4.78 is 11.0. The van der Waals surface area contributed by atoms with Crippen molar-refractivity contribution >= 4 is 17.8 Å². The zero-order chi connectivity index (χ0) is 20.7. The topological polar surface area (TPSA) is 82.1 Å². The van der Waals surface area contributed by atoms with Gasteiger partial charge in [-0.1, -0.05) is 57.8 Å². The third-order valence-electron chi connectivity index (χ3n) is 5.65. The molecule has 7 heteroatoms. The molecule has 0 aromatic rings. The van der Waals surface area contributed by atoms with Crippen LogP contribution in [-0.2, 0) is 28.7 Å². The number of hydrogen-bond acceptors (Lipinski definition) is 6. The lowest BCUT2D eigenvalue weighted by Gasteiger charge is -2.18. The molecule has 0 aromatic heterocycles. The first-order valence-electron chi connectivity index (χ1n) is 11.4. The summed E-state index contributed by atoms with van der Waals surface area (Å²) in [4.78, 5) is 39.1. The van der Waals surface area contributed by atoms with E-state index in [1.54, 1.807) is 0 Å². The van der Waals surface area contributed by atoms with Gasteiger partial charge in [0, 0.05) is 19.4 Å². The first-order chi connectivity index (χ1) is 14.2. The minimum atomic E-state index is -0.639. The van der Waals surface area contributed by atoms with Gasteiger partial charge in [-0.05, 0) is 18.8 Å². The SMILES string of the molecule is O=C(CCOCCOCCCC1CCCCCCCCC1)ON1C(=O)CCC1=O. The van der Waals surface area contributed by atoms with Gasteiger partial charge in [-0.25, -0.2) is 4.79 Å². The summed E-state index contributed by atoms with van der Waals surface area (Å²) in [7, 11) is 0. The van der Waals surface area contributed by atoms with Gasteiger partial charge in [0.25, 0.3) is 11.8 Å². The van der Waals surface area contributed by atoms with Crippen LogP contribution in [0.4, 0.5) is 0 Å². The fraction of sp³-hybridized carbons (Fsp3) is 0.864. The third-order valence-corrected chi connectivity index (χ3v) is 5.65. The number of hydrogen-bond donors (Lipinski definition) is 0. The minimum absolute atomic E-state index is 0.00125. The molecule has 2 amide bonds. The van der Waals surface area contributed by atoms with Crippen molar-refractivity contribution in [3.05, 3.63) is 0 Å². The Bertz CT molecular complexity index is 484. The number of rotatable bonds is 11. The Labute approximate surface area is 174 Å². The second-order valence-corrected chi connectivity index (χ2v) is 8.08. The first-order valence-corrected chi connectivity index (χ1v) is 11.4. The molecule has 0 unspecified atom stereocenters. The van der Waals surface area contributed by atoms with E-state index in [0.717, 1.165) is 18.9 Å². The van der Waals surface area contributed by atoms with Gasteiger partial charge in [-0.2, -0.15) is 0 Å². The molecule has 1 aliphatic carbocycles. The molecule has 1 heterocycles. The maximum atomic E-state index is 11.6. The molecule has 1 aliphatic heterocycles. The molecule has 0 spiro atoms. The highest BCUT2D eigenvalue weighted by atomic mass is 16.7. The number of carbonyl (C=O) groups excluding carboxylic acids is 3. The summed E-state index contributed by atoms with van der Waals surface area (Å²) in [6.45, 7) is 1.85. The van der Waals surface area contributed by atoms with Crippen molar-refractivity contribution in [2.75, 3.05) is 26.4 Å². The fourth-order valence-electron chi connectivity index (χ4n) is 3.94. The molecule has 0 aromatic carbocycles. The van der Waals surface area contributed by atoms with Crippen LogP contribution in [0.25, 0.3) is 0 Å². The number of imide groups is 1. The highest BCUT2D eigenvalue weighted by Crippen LogP contribution is 2.24. The summed E-state index contributed by atoms with van der Waals surface area (Å²) in [6.07, 6.45) is 15.0. The van der Waals surface area contributed by atoms with Gasteiger partial charge in [0.2, 0.25) is 0 Å². The second kappa shape index (κ2) is 14.5. The lowest BCUT2D eigenvalue weighted by Crippen LogP contribution is -2.32. The predicted molar refractivity (Wildman–Crippen MR) is 108 cm³/mol. The largest absolute Gasteiger partial charge is 0.379 e. The maximum absolute atomic E-state index is 11.6. The van der Waals surface area contributed by atoms with Crippen LogP contribution in [0.3, 0.4) is 0 Å². The molecule has 2 rings (SSSR count). The second-order valence-electron chi connectivity index (χ2n) is 8.08. The Hall–Kier alpha value is -1.47. The van der Waals surface area contributed by atoms with Crippen molar-refractivity contribution in [3.8, 4) is 0 Å². The van der Waals surface area contributed by atoms with Gasteiger partial charge in [0.15, 0.2) is 0 Å². The van der Waals surface area contributed by atoms with Crippen molar-refractivity contribution < 1.29 is 28.7 Å². The minimum Gasteiger partial charge on any atom is -0.379 e. The number of hydroxylamine groups is 2. The van der Waals surface area contributed by atoms with Crippen LogP contribution in [0.2, 0.25) is 0 Å². The Morgan fingerprint density at radius 1 is 0.793 bits per heavy atom. The average molecular weight is 412 g/mol. The molecule has 1 saturated carbocycles. The quantitative estimate of drug-likeness (QED) is 0.378. The predicted octanol–water partition coefficient (Wildman–Crippen LogP) is 3.94. The molecule has 7 nitrogen and oxygen atoms in total. The summed E-state index contributed by atoms with van der Waals surface area (Å²) in [5, 5.41) is 0.560. The molecule has 2 fully saturated rings. The lowest BCUT2D eigenvalue weighted by atomic mass is 9.89. The van der Waals surface area contributed by atoms with E-state index in [2.05, 4.69) is 0 Å². The normalized spacial score (nSPS) is 19.5. The van der Waals surface area contributed by atoms with Crippen molar-refractivity contribution in [2.45, 2.75) is 89.9 Å². The van der Waals surface area contributed by atoms with E-state index < -0.39 is 17.8 Å². The standard InChI is InChI=1S/C22H37NO6/c24-20-12-13-21(25)23(20)29-22(26)14-16-28-18-17-27-15-8-11-19-9-6-4-2-1-3-5-7-10-19/h19H,1-18H2. The first kappa shape index (κ1) is 23.8. The molecule has 0 atom stereocenters. The van der Waals surface area contributed by atoms with E-state index in [-0.39, 0.29) is 25.9 Å². The maximum Gasteiger partial charge on any atom is 0.335 e. The zero-order valence-electron chi connectivity index (χ0n) is 17.7. The Balaban J connectivity index is 1.41. The van der Waals surface area contributed by atoms with Crippen LogP contribution in [0.15, 0.2) is 0 Å². The van der Waals surface area contributed by atoms with Crippen molar-refractivity contribution in [1.82, 2.24) is 5.06 Å². The van der Waals surface area contributed by atoms with E-state index >= 15 is 0 Å². The van der Waals surface area contributed by atoms with E-state index in [0.29, 0.717) is 18.3 Å². The molecular formula is C22H37NO6. The Kier molecular flexibility index (Phi) is 11.9. The van der Waals surface area contributed by atoms with Gasteiger partial charge < -0.3 is 14.3 Å². The van der Waals surface area contributed by atoms with Crippen molar-refractivity contribution in [1.29, 1.82) is 0 Å². The van der Waals surface area contributed by atoms with Gasteiger partial charge >= 0.3 is 5.97 Å². The Morgan fingerprint density at radius 2 is 1.34 bits per heavy atom. The number of nitrogens with zero attached hydrogens (tertiary/aromatic N) is 1. The van der Waals surface area contributed by atoms with Crippen molar-refractivity contribution in [2.24, 2.45) is 5.92 Å². The van der Waals surface area contributed by atoms with Crippen LogP contribution in [0.5, 0.6) is 0 Å². The molecule has 166 valence electrons. The monoisotopic (exact) mass is 411 g/mol. The van der Waals surface area contributed by atoms with Crippen LogP contribution < -0.4 is 0 Å². The van der Waals surface area contributed by atoms with Gasteiger partial charge in [0.05, 0.1) is 26.2 Å². The molecule has 0 N–H and O–H groups in total. The zero-order valence-corrected chi connectivity index (χ0v) is 17.7. The van der Waals surface area contributed by atoms with E-state index in [1.807, 2.05) is 0 Å². The molecule has 0 radical (unpaired) electrons. The molecule has 2 aliphatic rings. The summed E-state index contributed by atoms with van der Waals surface area (Å²) in [5.74, 6) is -0.722. The van der Waals surface area contributed by atoms with Gasteiger partial charge in [0.1, 0.15) is 0 Å². The van der Waals surface area contributed by atoms with Gasteiger partial charge in [-0.3, -0.25) is 9.59 Å². The fourth-order valence-corrected chi connectivity index (χ4v) is 3.94. The average Bonchev–Trinajstić information content (AvgIpc) is 3.03. The third kappa shape index (κ3) is 10.2. The van der Waals surface area contributed by atoms with Gasteiger partial charge in [-0.15, -0.1) is 5.06 Å². The van der Waals surface area contributed by atoms with E-state index in [4.69, 9.17) is 14.3 Å². The van der Waals surface area contributed by atoms with E-state index in [1.165, 1.54) is 64.2 Å². The number of carbonyl (C=O) groups is 3. The molecule has 29 heavy (non-hydrogen) atoms. The smallest absolute Gasteiger partial charge is 0.335 e. The van der Waals surface area contributed by atoms with Crippen LogP contribution in [0.1, 0.15) is 89.9 Å². The number of ether oxygens (including phenoxy) is 2. The summed E-state index contributed by atoms with van der Waals surface area (Å²) in [6, 6.07) is 0. The van der Waals surface area contributed by atoms with Crippen LogP contribution >= 0.6 is 0 Å². The lowest BCUT2D eigenvalue weighted by molar-refractivity contribution is -0.198. The Morgan fingerprint density at radius 3 is 1.97 bits per heavy atom. The molecular weight excluding hydrogens is 374 g/mol. The molecule has 0 bridgehead atoms. The summed E-state index contributed by atoms with van der Waals surface area (Å²) in [5.41, 5.74) is 0. The van der Waals surface area contributed by atoms with Crippen LogP contribution in [-0.4, -0.2) is 49.3 Å². The van der Waals surface area contributed by atoms with Crippen LogP contribution in [0, 0.1) is 5.92 Å². The van der Waals surface area contributed by atoms with Crippen molar-refractivity contribution in [3.63, 3.8) is 0 Å². The molecule has 1 saturated heterocycles. The number of amides is 2. The highest BCUT2D eigenvalue weighted by molar-refractivity contribution is 6.01. The van der Waals surface area contributed by atoms with E-state index in [9.17, 15) is 14.4 Å². The summed E-state index contributed by atoms with van der Waals surface area (Å²) >= 11 is 0.